The number of ether oxygens (including phenoxy) is 3. The van der Waals surface area contributed by atoms with Crippen molar-refractivity contribution < 1.29 is 28.7 Å². The number of methoxy groups -OCH3 is 1. The minimum atomic E-state index is -1.08. The molecule has 0 spiro atoms. The number of hydrogen-bond donors (Lipinski definition) is 0. The number of esters is 1. The van der Waals surface area contributed by atoms with Gasteiger partial charge in [-0.05, 0) is 13.8 Å². The standard InChI is InChI=1S/C15H20N2O7/c1-6-23-13-7-10(11(17(20)21)8-12(13)22-5)15(19)24-9(2)14(18)16(3)4/h7-9H,6H2,1-5H3/t9-/m0/s1. The average Bonchev–Trinajstić information content (AvgIpc) is 2.53. The summed E-state index contributed by atoms with van der Waals surface area (Å²) in [4.78, 5) is 35.8. The lowest BCUT2D eigenvalue weighted by molar-refractivity contribution is -0.385. The number of rotatable bonds is 7. The zero-order valence-electron chi connectivity index (χ0n) is 14.2. The summed E-state index contributed by atoms with van der Waals surface area (Å²) in [6, 6.07) is 2.26. The zero-order valence-corrected chi connectivity index (χ0v) is 14.2. The molecular formula is C15H20N2O7. The summed E-state index contributed by atoms with van der Waals surface area (Å²) in [5.41, 5.74) is -0.813. The van der Waals surface area contributed by atoms with Crippen LogP contribution < -0.4 is 9.47 Å². The number of amides is 1. The van der Waals surface area contributed by atoms with Crippen molar-refractivity contribution in [1.82, 2.24) is 4.90 Å². The summed E-state index contributed by atoms with van der Waals surface area (Å²) in [5, 5.41) is 11.2. The molecule has 0 saturated carbocycles. The fourth-order valence-electron chi connectivity index (χ4n) is 1.93. The minimum absolute atomic E-state index is 0.123. The lowest BCUT2D eigenvalue weighted by Crippen LogP contribution is -2.35. The van der Waals surface area contributed by atoms with Gasteiger partial charge in [0.2, 0.25) is 0 Å². The van der Waals surface area contributed by atoms with Crippen LogP contribution in [-0.2, 0) is 9.53 Å². The Morgan fingerprint density at radius 3 is 2.38 bits per heavy atom. The molecule has 24 heavy (non-hydrogen) atoms. The molecule has 1 rings (SSSR count). The lowest BCUT2D eigenvalue weighted by Gasteiger charge is -2.17. The topological polar surface area (TPSA) is 108 Å². The van der Waals surface area contributed by atoms with Crippen LogP contribution in [0.1, 0.15) is 24.2 Å². The third kappa shape index (κ3) is 4.34. The molecule has 0 aliphatic rings. The Morgan fingerprint density at radius 1 is 1.29 bits per heavy atom. The van der Waals surface area contributed by atoms with Crippen LogP contribution in [0, 0.1) is 10.1 Å². The van der Waals surface area contributed by atoms with Gasteiger partial charge in [0.1, 0.15) is 5.56 Å². The Morgan fingerprint density at radius 2 is 1.92 bits per heavy atom. The monoisotopic (exact) mass is 340 g/mol. The van der Waals surface area contributed by atoms with E-state index in [2.05, 4.69) is 0 Å². The van der Waals surface area contributed by atoms with Gasteiger partial charge in [0, 0.05) is 20.2 Å². The highest BCUT2D eigenvalue weighted by atomic mass is 16.6. The molecule has 1 amide bonds. The van der Waals surface area contributed by atoms with Crippen LogP contribution >= 0.6 is 0 Å². The summed E-state index contributed by atoms with van der Waals surface area (Å²) < 4.78 is 15.4. The van der Waals surface area contributed by atoms with Crippen molar-refractivity contribution in [2.75, 3.05) is 27.8 Å². The maximum absolute atomic E-state index is 12.3. The first-order valence-corrected chi connectivity index (χ1v) is 7.14. The van der Waals surface area contributed by atoms with Gasteiger partial charge in [0.25, 0.3) is 11.6 Å². The average molecular weight is 340 g/mol. The van der Waals surface area contributed by atoms with E-state index in [4.69, 9.17) is 14.2 Å². The van der Waals surface area contributed by atoms with Crippen LogP contribution in [0.15, 0.2) is 12.1 Å². The summed E-state index contributed by atoms with van der Waals surface area (Å²) in [6.45, 7) is 3.38. The normalized spacial score (nSPS) is 11.4. The van der Waals surface area contributed by atoms with Gasteiger partial charge in [-0.15, -0.1) is 0 Å². The molecule has 0 aliphatic carbocycles. The molecule has 0 fully saturated rings. The molecule has 0 radical (unpaired) electrons. The molecular weight excluding hydrogens is 320 g/mol. The van der Waals surface area contributed by atoms with E-state index in [0.29, 0.717) is 0 Å². The number of carbonyl (C=O) groups is 2. The largest absolute Gasteiger partial charge is 0.493 e. The molecule has 0 aliphatic heterocycles. The Bertz CT molecular complexity index is 643. The van der Waals surface area contributed by atoms with Crippen molar-refractivity contribution in [3.8, 4) is 11.5 Å². The van der Waals surface area contributed by atoms with Gasteiger partial charge in [-0.1, -0.05) is 0 Å². The molecule has 1 aromatic carbocycles. The second-order valence-corrected chi connectivity index (χ2v) is 4.99. The fourth-order valence-corrected chi connectivity index (χ4v) is 1.93. The van der Waals surface area contributed by atoms with Crippen molar-refractivity contribution >= 4 is 17.6 Å². The molecule has 0 N–H and O–H groups in total. The van der Waals surface area contributed by atoms with Crippen LogP contribution in [0.2, 0.25) is 0 Å². The minimum Gasteiger partial charge on any atom is -0.493 e. The van der Waals surface area contributed by atoms with Crippen LogP contribution in [0.3, 0.4) is 0 Å². The van der Waals surface area contributed by atoms with Crippen LogP contribution in [0.5, 0.6) is 11.5 Å². The van der Waals surface area contributed by atoms with Crippen molar-refractivity contribution in [2.45, 2.75) is 20.0 Å². The fraction of sp³-hybridized carbons (Fsp3) is 0.467. The lowest BCUT2D eigenvalue weighted by atomic mass is 10.1. The van der Waals surface area contributed by atoms with E-state index in [1.807, 2.05) is 0 Å². The first-order chi connectivity index (χ1) is 11.2. The SMILES string of the molecule is CCOc1cc(C(=O)O[C@@H](C)C(=O)N(C)C)c([N+](=O)[O-])cc1OC. The summed E-state index contributed by atoms with van der Waals surface area (Å²) in [7, 11) is 4.35. The Hall–Kier alpha value is -2.84. The number of hydrogen-bond acceptors (Lipinski definition) is 7. The maximum Gasteiger partial charge on any atom is 0.346 e. The van der Waals surface area contributed by atoms with Crippen molar-refractivity contribution in [1.29, 1.82) is 0 Å². The molecule has 1 atom stereocenters. The highest BCUT2D eigenvalue weighted by molar-refractivity contribution is 5.96. The van der Waals surface area contributed by atoms with Crippen molar-refractivity contribution in [3.63, 3.8) is 0 Å². The summed E-state index contributed by atoms with van der Waals surface area (Å²) >= 11 is 0. The first-order valence-electron chi connectivity index (χ1n) is 7.14. The second kappa shape index (κ2) is 8.14. The number of likely N-dealkylation sites (N-methyl/N-ethyl adjacent to an activating group) is 1. The van der Waals surface area contributed by atoms with E-state index in [-0.39, 0.29) is 23.7 Å². The number of nitrogens with zero attached hydrogens (tertiary/aromatic N) is 2. The van der Waals surface area contributed by atoms with Gasteiger partial charge in [-0.2, -0.15) is 0 Å². The van der Waals surface area contributed by atoms with E-state index >= 15 is 0 Å². The third-order valence-electron chi connectivity index (χ3n) is 3.07. The number of nitro groups is 1. The maximum atomic E-state index is 12.3. The molecule has 1 aromatic rings. The van der Waals surface area contributed by atoms with E-state index in [1.165, 1.54) is 39.1 Å². The van der Waals surface area contributed by atoms with Gasteiger partial charge >= 0.3 is 5.97 Å². The predicted molar refractivity (Wildman–Crippen MR) is 84.4 cm³/mol. The van der Waals surface area contributed by atoms with E-state index in [9.17, 15) is 19.7 Å². The molecule has 0 heterocycles. The van der Waals surface area contributed by atoms with Crippen LogP contribution in [0.4, 0.5) is 5.69 Å². The number of carbonyl (C=O) groups excluding carboxylic acids is 2. The first kappa shape index (κ1) is 19.2. The van der Waals surface area contributed by atoms with E-state index < -0.39 is 28.6 Å². The van der Waals surface area contributed by atoms with Gasteiger partial charge in [0.05, 0.1) is 24.7 Å². The summed E-state index contributed by atoms with van der Waals surface area (Å²) in [5.74, 6) is -1.14. The van der Waals surface area contributed by atoms with Crippen molar-refractivity contribution in [3.05, 3.63) is 27.8 Å². The molecule has 0 saturated heterocycles. The molecule has 9 heteroatoms. The zero-order chi connectivity index (χ0) is 18.4. The van der Waals surface area contributed by atoms with Crippen LogP contribution in [-0.4, -0.2) is 55.6 Å². The van der Waals surface area contributed by atoms with E-state index in [0.717, 1.165) is 6.07 Å². The number of benzene rings is 1. The molecule has 0 aromatic heterocycles. The van der Waals surface area contributed by atoms with Gasteiger partial charge in [0.15, 0.2) is 17.6 Å². The molecule has 0 unspecified atom stereocenters. The molecule has 0 bridgehead atoms. The highest BCUT2D eigenvalue weighted by Gasteiger charge is 2.28. The van der Waals surface area contributed by atoms with Crippen LogP contribution in [0.25, 0.3) is 0 Å². The van der Waals surface area contributed by atoms with Gasteiger partial charge in [-0.3, -0.25) is 14.9 Å². The van der Waals surface area contributed by atoms with E-state index in [1.54, 1.807) is 6.92 Å². The second-order valence-electron chi connectivity index (χ2n) is 4.99. The smallest absolute Gasteiger partial charge is 0.346 e. The molecule has 9 nitrogen and oxygen atoms in total. The highest BCUT2D eigenvalue weighted by Crippen LogP contribution is 2.35. The van der Waals surface area contributed by atoms with Gasteiger partial charge in [-0.25, -0.2) is 4.79 Å². The Labute approximate surface area is 139 Å². The quantitative estimate of drug-likeness (QED) is 0.422. The molecule has 132 valence electrons. The van der Waals surface area contributed by atoms with Gasteiger partial charge < -0.3 is 19.1 Å². The third-order valence-corrected chi connectivity index (χ3v) is 3.07. The number of nitro benzene ring substituents is 1. The predicted octanol–water partition coefficient (Wildman–Crippen LogP) is 1.64. The summed E-state index contributed by atoms with van der Waals surface area (Å²) in [6.07, 6.45) is -1.08. The Kier molecular flexibility index (Phi) is 6.51. The Balaban J connectivity index is 3.24. The van der Waals surface area contributed by atoms with Crippen molar-refractivity contribution in [2.24, 2.45) is 0 Å².